The number of amidine groups is 1. The van der Waals surface area contributed by atoms with Gasteiger partial charge in [0.2, 0.25) is 0 Å². The van der Waals surface area contributed by atoms with Crippen LogP contribution in [0.15, 0.2) is 71.1 Å². The molecule has 4 nitrogen and oxygen atoms in total. The van der Waals surface area contributed by atoms with E-state index in [2.05, 4.69) is 40.5 Å². The van der Waals surface area contributed by atoms with Gasteiger partial charge in [-0.3, -0.25) is 4.79 Å². The fraction of sp³-hybridized carbons (Fsp3) is 0.0909. The number of amides is 1. The largest absolute Gasteiger partial charge is 0.340 e. The van der Waals surface area contributed by atoms with Crippen LogP contribution >= 0.6 is 23.4 Å². The van der Waals surface area contributed by atoms with Gasteiger partial charge in [-0.05, 0) is 43.0 Å². The molecule has 1 aromatic heterocycles. The molecule has 0 aliphatic carbocycles. The Morgan fingerprint density at radius 1 is 1.21 bits per heavy atom. The van der Waals surface area contributed by atoms with Gasteiger partial charge in [0.05, 0.1) is 15.6 Å². The smallest absolute Gasteiger partial charge is 0.264 e. The normalized spacial score (nSPS) is 16.9. The first kappa shape index (κ1) is 18.6. The topological polar surface area (TPSA) is 46.4 Å². The molecule has 1 aliphatic heterocycles. The van der Waals surface area contributed by atoms with Crippen molar-refractivity contribution in [3.8, 4) is 0 Å². The van der Waals surface area contributed by atoms with E-state index in [0.717, 1.165) is 22.2 Å². The molecule has 3 aromatic rings. The lowest BCUT2D eigenvalue weighted by atomic mass is 10.1. The average molecular weight is 408 g/mol. The molecular formula is C22H18ClN3OS. The predicted molar refractivity (Wildman–Crippen MR) is 119 cm³/mol. The van der Waals surface area contributed by atoms with E-state index < -0.39 is 0 Å². The second kappa shape index (κ2) is 7.70. The summed E-state index contributed by atoms with van der Waals surface area (Å²) >= 11 is 7.49. The van der Waals surface area contributed by atoms with Crippen LogP contribution in [0.4, 0.5) is 5.69 Å². The zero-order chi connectivity index (χ0) is 19.7. The molecule has 0 bridgehead atoms. The number of thioether (sulfide) groups is 1. The van der Waals surface area contributed by atoms with E-state index in [-0.39, 0.29) is 5.91 Å². The minimum atomic E-state index is -0.157. The number of aromatic nitrogens is 1. The number of nitrogens with one attached hydrogen (secondary N) is 1. The number of halogens is 1. The predicted octanol–water partition coefficient (Wildman–Crippen LogP) is 5.68. The van der Waals surface area contributed by atoms with Crippen LogP contribution in [-0.4, -0.2) is 15.6 Å². The van der Waals surface area contributed by atoms with Crippen molar-refractivity contribution in [1.82, 2.24) is 9.88 Å². The minimum absolute atomic E-state index is 0.157. The molecule has 1 aliphatic rings. The first-order valence-corrected chi connectivity index (χ1v) is 10.0. The Morgan fingerprint density at radius 3 is 2.75 bits per heavy atom. The second-order valence-corrected chi connectivity index (χ2v) is 7.79. The van der Waals surface area contributed by atoms with Gasteiger partial charge in [-0.1, -0.05) is 48.0 Å². The Balaban J connectivity index is 1.74. The molecule has 2 aromatic carbocycles. The number of rotatable bonds is 4. The summed E-state index contributed by atoms with van der Waals surface area (Å²) < 4.78 is 2.20. The van der Waals surface area contributed by atoms with Gasteiger partial charge >= 0.3 is 0 Å². The van der Waals surface area contributed by atoms with Crippen LogP contribution in [0.3, 0.4) is 0 Å². The van der Waals surface area contributed by atoms with Gasteiger partial charge in [0.1, 0.15) is 0 Å². The summed E-state index contributed by atoms with van der Waals surface area (Å²) in [5.74, 6) is -0.157. The van der Waals surface area contributed by atoms with Gasteiger partial charge in [-0.15, -0.1) is 6.58 Å². The fourth-order valence-corrected chi connectivity index (χ4v) is 4.26. The molecule has 28 heavy (non-hydrogen) atoms. The maximum Gasteiger partial charge on any atom is 0.264 e. The zero-order valence-electron chi connectivity index (χ0n) is 15.3. The molecule has 0 unspecified atom stereocenters. The summed E-state index contributed by atoms with van der Waals surface area (Å²) in [6.07, 6.45) is 3.81. The van der Waals surface area contributed by atoms with Crippen LogP contribution in [0.25, 0.3) is 17.0 Å². The fourth-order valence-electron chi connectivity index (χ4n) is 3.27. The van der Waals surface area contributed by atoms with Crippen LogP contribution in [0.1, 0.15) is 11.3 Å². The number of nitrogens with zero attached hydrogens (tertiary/aromatic N) is 2. The summed E-state index contributed by atoms with van der Waals surface area (Å²) in [4.78, 5) is 17.6. The van der Waals surface area contributed by atoms with E-state index >= 15 is 0 Å². The number of carbonyl (C=O) groups is 1. The SMILES string of the molecule is C=CCn1c(C)c(/C=C2\SC(=Nc3ccccc3Cl)NC2=O)c2ccccc21. The van der Waals surface area contributed by atoms with E-state index in [1.165, 1.54) is 11.8 Å². The van der Waals surface area contributed by atoms with Gasteiger partial charge in [0.15, 0.2) is 5.17 Å². The lowest BCUT2D eigenvalue weighted by Crippen LogP contribution is -2.19. The van der Waals surface area contributed by atoms with Crippen LogP contribution < -0.4 is 5.32 Å². The lowest BCUT2D eigenvalue weighted by molar-refractivity contribution is -0.115. The number of carbonyl (C=O) groups excluding carboxylic acids is 1. The van der Waals surface area contributed by atoms with Crippen molar-refractivity contribution in [3.63, 3.8) is 0 Å². The maximum absolute atomic E-state index is 12.5. The average Bonchev–Trinajstić information content (AvgIpc) is 3.16. The van der Waals surface area contributed by atoms with E-state index in [4.69, 9.17) is 11.6 Å². The van der Waals surface area contributed by atoms with E-state index in [0.29, 0.717) is 27.3 Å². The molecule has 6 heteroatoms. The first-order chi connectivity index (χ1) is 13.6. The number of allylic oxidation sites excluding steroid dienone is 1. The number of hydrogen-bond donors (Lipinski definition) is 1. The Morgan fingerprint density at radius 2 is 1.96 bits per heavy atom. The van der Waals surface area contributed by atoms with Crippen LogP contribution in [0.2, 0.25) is 5.02 Å². The lowest BCUT2D eigenvalue weighted by Gasteiger charge is -2.04. The molecule has 0 radical (unpaired) electrons. The van der Waals surface area contributed by atoms with Crippen molar-refractivity contribution in [3.05, 3.63) is 82.4 Å². The van der Waals surface area contributed by atoms with Crippen LogP contribution in [0.5, 0.6) is 0 Å². The van der Waals surface area contributed by atoms with Crippen molar-refractivity contribution >= 4 is 57.1 Å². The molecule has 1 fully saturated rings. The Labute approximate surface area is 172 Å². The molecule has 2 heterocycles. The van der Waals surface area contributed by atoms with Gasteiger partial charge in [0, 0.05) is 28.7 Å². The Kier molecular flexibility index (Phi) is 5.11. The summed E-state index contributed by atoms with van der Waals surface area (Å²) in [5.41, 5.74) is 3.89. The molecule has 0 spiro atoms. The van der Waals surface area contributed by atoms with Gasteiger partial charge in [0.25, 0.3) is 5.91 Å². The molecule has 1 saturated heterocycles. The summed E-state index contributed by atoms with van der Waals surface area (Å²) in [7, 11) is 0. The molecular weight excluding hydrogens is 390 g/mol. The highest BCUT2D eigenvalue weighted by molar-refractivity contribution is 8.18. The Bertz CT molecular complexity index is 1160. The highest BCUT2D eigenvalue weighted by Crippen LogP contribution is 2.34. The van der Waals surface area contributed by atoms with Crippen LogP contribution in [-0.2, 0) is 11.3 Å². The standard InChI is InChI=1S/C22H18ClN3OS/c1-3-12-26-14(2)16(15-8-4-7-11-19(15)26)13-20-21(27)25-22(28-20)24-18-10-6-5-9-17(18)23/h3-11,13H,1,12H2,2H3,(H,24,25,27)/b20-13-. The third kappa shape index (κ3) is 3.39. The summed E-state index contributed by atoms with van der Waals surface area (Å²) in [6.45, 7) is 6.63. The first-order valence-electron chi connectivity index (χ1n) is 8.81. The number of para-hydroxylation sites is 2. The third-order valence-corrected chi connectivity index (χ3v) is 5.82. The highest BCUT2D eigenvalue weighted by Gasteiger charge is 2.25. The highest BCUT2D eigenvalue weighted by atomic mass is 35.5. The Hall–Kier alpha value is -2.76. The molecule has 1 amide bonds. The van der Waals surface area contributed by atoms with Crippen molar-refractivity contribution in [2.75, 3.05) is 0 Å². The molecule has 4 rings (SSSR count). The van der Waals surface area contributed by atoms with E-state index in [1.54, 1.807) is 6.07 Å². The van der Waals surface area contributed by atoms with Crippen LogP contribution in [0, 0.1) is 6.92 Å². The number of aliphatic imine (C=N–C) groups is 1. The maximum atomic E-state index is 12.5. The number of fused-ring (bicyclic) bond motifs is 1. The second-order valence-electron chi connectivity index (χ2n) is 6.35. The molecule has 140 valence electrons. The van der Waals surface area contributed by atoms with Crippen molar-refractivity contribution < 1.29 is 4.79 Å². The zero-order valence-corrected chi connectivity index (χ0v) is 16.8. The summed E-state index contributed by atoms with van der Waals surface area (Å²) in [5, 5.41) is 5.01. The molecule has 1 N–H and O–H groups in total. The number of benzene rings is 2. The monoisotopic (exact) mass is 407 g/mol. The van der Waals surface area contributed by atoms with Gasteiger partial charge in [-0.2, -0.15) is 0 Å². The third-order valence-electron chi connectivity index (χ3n) is 4.59. The molecule has 0 saturated carbocycles. The minimum Gasteiger partial charge on any atom is -0.340 e. The summed E-state index contributed by atoms with van der Waals surface area (Å²) in [6, 6.07) is 15.5. The van der Waals surface area contributed by atoms with Gasteiger partial charge in [-0.25, -0.2) is 4.99 Å². The van der Waals surface area contributed by atoms with Crippen molar-refractivity contribution in [2.24, 2.45) is 4.99 Å². The molecule has 0 atom stereocenters. The van der Waals surface area contributed by atoms with E-state index in [1.807, 2.05) is 42.5 Å². The number of hydrogen-bond acceptors (Lipinski definition) is 3. The van der Waals surface area contributed by atoms with Crippen molar-refractivity contribution in [1.29, 1.82) is 0 Å². The van der Waals surface area contributed by atoms with Gasteiger partial charge < -0.3 is 9.88 Å². The van der Waals surface area contributed by atoms with E-state index in [9.17, 15) is 4.79 Å². The quantitative estimate of drug-likeness (QED) is 0.446. The van der Waals surface area contributed by atoms with Crippen molar-refractivity contribution in [2.45, 2.75) is 13.5 Å².